The summed E-state index contributed by atoms with van der Waals surface area (Å²) >= 11 is 0. The van der Waals surface area contributed by atoms with E-state index in [1.165, 1.54) is 0 Å². The zero-order valence-corrected chi connectivity index (χ0v) is 10.4. The van der Waals surface area contributed by atoms with Crippen molar-refractivity contribution in [3.05, 3.63) is 29.8 Å². The number of rotatable bonds is 5. The molecular weight excluding hydrogens is 234 g/mol. The van der Waals surface area contributed by atoms with Gasteiger partial charge >= 0.3 is 0 Å². The van der Waals surface area contributed by atoms with Crippen molar-refractivity contribution < 1.29 is 14.7 Å². The van der Waals surface area contributed by atoms with E-state index in [4.69, 9.17) is 15.7 Å². The minimum absolute atomic E-state index is 0.000694. The van der Waals surface area contributed by atoms with Gasteiger partial charge in [-0.25, -0.2) is 0 Å². The molecule has 0 aromatic heterocycles. The van der Waals surface area contributed by atoms with Crippen molar-refractivity contribution in [1.82, 2.24) is 0 Å². The van der Waals surface area contributed by atoms with Crippen LogP contribution in [0.3, 0.4) is 0 Å². The first-order valence-corrected chi connectivity index (χ1v) is 5.52. The van der Waals surface area contributed by atoms with Crippen molar-refractivity contribution in [1.29, 1.82) is 0 Å². The first-order valence-electron chi connectivity index (χ1n) is 5.52. The van der Waals surface area contributed by atoms with Gasteiger partial charge in [-0.15, -0.1) is 0 Å². The van der Waals surface area contributed by atoms with Crippen molar-refractivity contribution in [2.45, 2.75) is 20.0 Å². The lowest BCUT2D eigenvalue weighted by molar-refractivity contribution is -0.121. The number of nitrogens with one attached hydrogen (secondary N) is 1. The zero-order chi connectivity index (χ0) is 13.5. The predicted molar refractivity (Wildman–Crippen MR) is 68.7 cm³/mol. The Hall–Kier alpha value is -2.08. The summed E-state index contributed by atoms with van der Waals surface area (Å²) in [7, 11) is 0. The number of amides is 1. The van der Waals surface area contributed by atoms with Crippen LogP contribution in [0.5, 0.6) is 0 Å². The van der Waals surface area contributed by atoms with Crippen molar-refractivity contribution in [3.63, 3.8) is 0 Å². The summed E-state index contributed by atoms with van der Waals surface area (Å²) in [6.45, 7) is 3.70. The Morgan fingerprint density at radius 2 is 2.28 bits per heavy atom. The Morgan fingerprint density at radius 1 is 1.56 bits per heavy atom. The number of hydrogen-bond donors (Lipinski definition) is 3. The summed E-state index contributed by atoms with van der Waals surface area (Å²) < 4.78 is 5.17. The topological polar surface area (TPSA) is 96.9 Å². The van der Waals surface area contributed by atoms with Crippen LogP contribution in [0.15, 0.2) is 29.4 Å². The number of amidine groups is 1. The maximum absolute atomic E-state index is 11.5. The van der Waals surface area contributed by atoms with Gasteiger partial charge in [0.25, 0.3) is 0 Å². The normalized spacial score (nSPS) is 11.6. The number of benzene rings is 1. The Labute approximate surface area is 105 Å². The maximum atomic E-state index is 11.5. The first-order chi connectivity index (χ1) is 8.52. The second-order valence-corrected chi connectivity index (χ2v) is 3.97. The summed E-state index contributed by atoms with van der Waals surface area (Å²) in [5.41, 5.74) is 6.55. The van der Waals surface area contributed by atoms with Gasteiger partial charge in [0, 0.05) is 11.3 Å². The van der Waals surface area contributed by atoms with E-state index in [1.54, 1.807) is 24.3 Å². The molecular formula is C12H17N3O3. The third-order valence-corrected chi connectivity index (χ3v) is 2.10. The number of oxime groups is 1. The van der Waals surface area contributed by atoms with E-state index in [9.17, 15) is 4.79 Å². The maximum Gasteiger partial charge on any atom is 0.250 e. The van der Waals surface area contributed by atoms with Gasteiger partial charge in [-0.05, 0) is 26.0 Å². The smallest absolute Gasteiger partial charge is 0.250 e. The summed E-state index contributed by atoms with van der Waals surface area (Å²) in [6, 6.07) is 6.70. The quantitative estimate of drug-likeness (QED) is 0.316. The first kappa shape index (κ1) is 14.0. The van der Waals surface area contributed by atoms with Gasteiger partial charge in [-0.2, -0.15) is 0 Å². The number of anilines is 1. The summed E-state index contributed by atoms with van der Waals surface area (Å²) in [6.07, 6.45) is -0.000694. The molecule has 0 saturated carbocycles. The average molecular weight is 251 g/mol. The largest absolute Gasteiger partial charge is 0.409 e. The molecule has 6 heteroatoms. The number of carbonyl (C=O) groups excluding carboxylic acids is 1. The minimum atomic E-state index is -0.250. The molecule has 0 atom stereocenters. The van der Waals surface area contributed by atoms with E-state index in [0.717, 1.165) is 0 Å². The van der Waals surface area contributed by atoms with Crippen LogP contribution in [0.4, 0.5) is 5.69 Å². The van der Waals surface area contributed by atoms with Gasteiger partial charge in [-0.3, -0.25) is 4.79 Å². The average Bonchev–Trinajstić information content (AvgIpc) is 2.35. The van der Waals surface area contributed by atoms with Gasteiger partial charge in [0.15, 0.2) is 5.84 Å². The van der Waals surface area contributed by atoms with Gasteiger partial charge in [0.05, 0.1) is 6.10 Å². The van der Waals surface area contributed by atoms with Crippen molar-refractivity contribution >= 4 is 17.4 Å². The van der Waals surface area contributed by atoms with Crippen molar-refractivity contribution in [2.75, 3.05) is 11.9 Å². The number of nitrogens with two attached hydrogens (primary N) is 1. The molecule has 0 unspecified atom stereocenters. The fraction of sp³-hybridized carbons (Fsp3) is 0.333. The van der Waals surface area contributed by atoms with E-state index in [2.05, 4.69) is 10.5 Å². The second kappa shape index (κ2) is 6.61. The van der Waals surface area contributed by atoms with Crippen LogP contribution >= 0.6 is 0 Å². The fourth-order valence-corrected chi connectivity index (χ4v) is 1.25. The van der Waals surface area contributed by atoms with Crippen LogP contribution in [0.1, 0.15) is 19.4 Å². The minimum Gasteiger partial charge on any atom is -0.409 e. The Bertz CT molecular complexity index is 444. The Balaban J connectivity index is 2.65. The predicted octanol–water partition coefficient (Wildman–Crippen LogP) is 1.14. The van der Waals surface area contributed by atoms with E-state index in [1.807, 2.05) is 13.8 Å². The van der Waals surface area contributed by atoms with Gasteiger partial charge in [0.1, 0.15) is 6.61 Å². The molecule has 1 rings (SSSR count). The molecule has 0 bridgehead atoms. The lowest BCUT2D eigenvalue weighted by atomic mass is 10.2. The summed E-state index contributed by atoms with van der Waals surface area (Å²) in [4.78, 5) is 11.5. The monoisotopic (exact) mass is 251 g/mol. The van der Waals surface area contributed by atoms with Gasteiger partial charge < -0.3 is 21.0 Å². The lowest BCUT2D eigenvalue weighted by Gasteiger charge is -2.09. The summed E-state index contributed by atoms with van der Waals surface area (Å²) in [5.74, 6) is -0.259. The molecule has 98 valence electrons. The van der Waals surface area contributed by atoms with E-state index >= 15 is 0 Å². The van der Waals surface area contributed by atoms with Crippen molar-refractivity contribution in [3.8, 4) is 0 Å². The Kier molecular flexibility index (Phi) is 5.13. The fourth-order valence-electron chi connectivity index (χ4n) is 1.25. The molecule has 0 radical (unpaired) electrons. The van der Waals surface area contributed by atoms with E-state index < -0.39 is 0 Å². The standard InChI is InChI=1S/C12H17N3O3/c1-8(2)18-7-11(16)14-10-5-3-4-9(6-10)12(13)15-17/h3-6,8,17H,7H2,1-2H3,(H2,13,15)(H,14,16). The van der Waals surface area contributed by atoms with Crippen LogP contribution < -0.4 is 11.1 Å². The summed E-state index contributed by atoms with van der Waals surface area (Å²) in [5, 5.41) is 14.1. The molecule has 4 N–H and O–H groups in total. The van der Waals surface area contributed by atoms with Crippen LogP contribution in [-0.4, -0.2) is 29.7 Å². The SMILES string of the molecule is CC(C)OCC(=O)Nc1cccc(/C(N)=N/O)c1. The van der Waals surface area contributed by atoms with Crippen LogP contribution in [0, 0.1) is 0 Å². The number of nitrogens with zero attached hydrogens (tertiary/aromatic N) is 1. The molecule has 0 fully saturated rings. The van der Waals surface area contributed by atoms with E-state index in [0.29, 0.717) is 11.3 Å². The second-order valence-electron chi connectivity index (χ2n) is 3.97. The molecule has 1 aromatic rings. The molecule has 18 heavy (non-hydrogen) atoms. The molecule has 0 aliphatic carbocycles. The molecule has 0 spiro atoms. The molecule has 1 amide bonds. The third-order valence-electron chi connectivity index (χ3n) is 2.10. The highest BCUT2D eigenvalue weighted by Gasteiger charge is 2.05. The molecule has 0 aliphatic heterocycles. The lowest BCUT2D eigenvalue weighted by Crippen LogP contribution is -2.21. The number of hydrogen-bond acceptors (Lipinski definition) is 4. The zero-order valence-electron chi connectivity index (χ0n) is 10.4. The molecule has 0 aliphatic rings. The van der Waals surface area contributed by atoms with Crippen LogP contribution in [0.25, 0.3) is 0 Å². The van der Waals surface area contributed by atoms with Gasteiger partial charge in [0.2, 0.25) is 5.91 Å². The Morgan fingerprint density at radius 3 is 2.89 bits per heavy atom. The number of carbonyl (C=O) groups is 1. The van der Waals surface area contributed by atoms with E-state index in [-0.39, 0.29) is 24.5 Å². The van der Waals surface area contributed by atoms with Crippen LogP contribution in [-0.2, 0) is 9.53 Å². The third kappa shape index (κ3) is 4.42. The van der Waals surface area contributed by atoms with Gasteiger partial charge in [-0.1, -0.05) is 17.3 Å². The van der Waals surface area contributed by atoms with Crippen molar-refractivity contribution in [2.24, 2.45) is 10.9 Å². The highest BCUT2D eigenvalue weighted by molar-refractivity contribution is 5.99. The molecule has 0 heterocycles. The number of ether oxygens (including phenoxy) is 1. The van der Waals surface area contributed by atoms with Crippen LogP contribution in [0.2, 0.25) is 0 Å². The molecule has 6 nitrogen and oxygen atoms in total. The highest BCUT2D eigenvalue weighted by Crippen LogP contribution is 2.10. The molecule has 1 aromatic carbocycles. The molecule has 0 saturated heterocycles. The highest BCUT2D eigenvalue weighted by atomic mass is 16.5.